The fourth-order valence-corrected chi connectivity index (χ4v) is 5.31. The largest absolute Gasteiger partial charge is 0.357 e. The van der Waals surface area contributed by atoms with Crippen LogP contribution in [0.1, 0.15) is 50.6 Å². The molecule has 0 fully saturated rings. The molecule has 0 bridgehead atoms. The topological polar surface area (TPSA) is 112 Å². The van der Waals surface area contributed by atoms with E-state index < -0.39 is 5.91 Å². The van der Waals surface area contributed by atoms with Gasteiger partial charge in [0.15, 0.2) is 5.69 Å². The van der Waals surface area contributed by atoms with E-state index in [9.17, 15) is 18.8 Å². The van der Waals surface area contributed by atoms with E-state index in [4.69, 9.17) is 0 Å². The Labute approximate surface area is 222 Å². The van der Waals surface area contributed by atoms with E-state index in [-0.39, 0.29) is 35.8 Å². The lowest BCUT2D eigenvalue weighted by Gasteiger charge is -2.32. The summed E-state index contributed by atoms with van der Waals surface area (Å²) in [6.45, 7) is 6.45. The van der Waals surface area contributed by atoms with Gasteiger partial charge in [0, 0.05) is 35.3 Å². The molecule has 3 N–H and O–H groups in total. The Bertz CT molecular complexity index is 1510. The number of benzene rings is 1. The summed E-state index contributed by atoms with van der Waals surface area (Å²) in [5.74, 6) is -1.37. The van der Waals surface area contributed by atoms with E-state index in [0.29, 0.717) is 35.0 Å². The molecule has 11 heteroatoms. The highest BCUT2D eigenvalue weighted by atomic mass is 32.1. The average Bonchev–Trinajstić information content (AvgIpc) is 3.66. The Morgan fingerprint density at radius 1 is 1.24 bits per heavy atom. The highest BCUT2D eigenvalue weighted by Crippen LogP contribution is 2.33. The van der Waals surface area contributed by atoms with Crippen molar-refractivity contribution in [1.82, 2.24) is 19.7 Å². The first-order valence-corrected chi connectivity index (χ1v) is 12.8. The maximum absolute atomic E-state index is 13.5. The zero-order valence-corrected chi connectivity index (χ0v) is 21.3. The zero-order chi connectivity index (χ0) is 26.8. The van der Waals surface area contributed by atoms with Crippen molar-refractivity contribution in [2.45, 2.75) is 25.9 Å². The molecule has 0 saturated heterocycles. The van der Waals surface area contributed by atoms with Crippen molar-refractivity contribution in [1.29, 1.82) is 0 Å². The molecule has 1 aromatic carbocycles. The number of H-pyrrole nitrogens is 1. The second-order valence-corrected chi connectivity index (χ2v) is 9.93. The van der Waals surface area contributed by atoms with Gasteiger partial charge in [0.05, 0.1) is 23.8 Å². The van der Waals surface area contributed by atoms with Crippen LogP contribution in [0.2, 0.25) is 0 Å². The summed E-state index contributed by atoms with van der Waals surface area (Å²) in [6.07, 6.45) is 2.86. The predicted octanol–water partition coefficient (Wildman–Crippen LogP) is 4.60. The summed E-state index contributed by atoms with van der Waals surface area (Å²) in [7, 11) is 0. The van der Waals surface area contributed by atoms with E-state index in [1.54, 1.807) is 51.5 Å². The van der Waals surface area contributed by atoms with Crippen LogP contribution < -0.4 is 10.6 Å². The summed E-state index contributed by atoms with van der Waals surface area (Å²) in [4.78, 5) is 42.8. The fraction of sp³-hybridized carbons (Fsp3) is 0.185. The van der Waals surface area contributed by atoms with Crippen molar-refractivity contribution < 1.29 is 18.8 Å². The third-order valence-electron chi connectivity index (χ3n) is 6.27. The van der Waals surface area contributed by atoms with Crippen LogP contribution in [0.25, 0.3) is 0 Å². The second kappa shape index (κ2) is 10.5. The monoisotopic (exact) mass is 532 g/mol. The molecule has 1 unspecified atom stereocenters. The van der Waals surface area contributed by atoms with Crippen LogP contribution in [0.5, 0.6) is 0 Å². The van der Waals surface area contributed by atoms with Crippen molar-refractivity contribution in [2.75, 3.05) is 17.2 Å². The molecule has 0 radical (unpaired) electrons. The van der Waals surface area contributed by atoms with E-state index in [2.05, 4.69) is 27.3 Å². The summed E-state index contributed by atoms with van der Waals surface area (Å²) in [6, 6.07) is 11.3. The van der Waals surface area contributed by atoms with Crippen LogP contribution in [0, 0.1) is 5.82 Å². The molecule has 9 nitrogen and oxygen atoms in total. The van der Waals surface area contributed by atoms with Crippen molar-refractivity contribution >= 4 is 39.7 Å². The van der Waals surface area contributed by atoms with E-state index in [0.717, 1.165) is 17.3 Å². The van der Waals surface area contributed by atoms with Gasteiger partial charge < -0.3 is 20.5 Å². The molecule has 4 heterocycles. The Morgan fingerprint density at radius 3 is 2.74 bits per heavy atom. The lowest BCUT2D eigenvalue weighted by molar-refractivity contribution is -0.111. The van der Waals surface area contributed by atoms with E-state index in [1.165, 1.54) is 23.5 Å². The van der Waals surface area contributed by atoms with Crippen molar-refractivity contribution in [3.8, 4) is 0 Å². The molecule has 0 spiro atoms. The Kier molecular flexibility index (Phi) is 6.93. The number of aromatic amines is 1. The van der Waals surface area contributed by atoms with Gasteiger partial charge in [0.25, 0.3) is 11.8 Å². The maximum atomic E-state index is 13.5. The number of rotatable bonds is 7. The van der Waals surface area contributed by atoms with Gasteiger partial charge in [-0.15, -0.1) is 11.3 Å². The normalized spacial score (nSPS) is 14.6. The number of carbonyl (C=O) groups excluding carboxylic acids is 3. The Balaban J connectivity index is 1.47. The molecule has 3 aromatic heterocycles. The molecule has 1 aliphatic heterocycles. The van der Waals surface area contributed by atoms with Crippen molar-refractivity contribution in [3.05, 3.63) is 101 Å². The molecule has 3 amide bonds. The first kappa shape index (κ1) is 25.2. The number of hydrogen-bond donors (Lipinski definition) is 3. The first-order valence-electron chi connectivity index (χ1n) is 11.9. The zero-order valence-electron chi connectivity index (χ0n) is 20.5. The highest BCUT2D eigenvalue weighted by molar-refractivity contribution is 7.14. The minimum atomic E-state index is -0.427. The van der Waals surface area contributed by atoms with Crippen molar-refractivity contribution in [2.24, 2.45) is 0 Å². The lowest BCUT2D eigenvalue weighted by Crippen LogP contribution is -2.38. The lowest BCUT2D eigenvalue weighted by atomic mass is 9.95. The minimum Gasteiger partial charge on any atom is -0.357 e. The van der Waals surface area contributed by atoms with Crippen LogP contribution in [0.3, 0.4) is 0 Å². The quantitative estimate of drug-likeness (QED) is 0.302. The number of nitrogens with zero attached hydrogens (tertiary/aromatic N) is 3. The molecular formula is C27H25FN6O3S. The Hall–Kier alpha value is -4.51. The third-order valence-corrected chi connectivity index (χ3v) is 7.11. The number of thiophene rings is 1. The fourth-order valence-electron chi connectivity index (χ4n) is 4.58. The number of amides is 3. The Morgan fingerprint density at radius 2 is 2.03 bits per heavy atom. The van der Waals surface area contributed by atoms with Gasteiger partial charge in [-0.2, -0.15) is 5.10 Å². The molecule has 1 aliphatic rings. The number of anilines is 2. The van der Waals surface area contributed by atoms with Gasteiger partial charge in [-0.1, -0.05) is 25.6 Å². The number of halogens is 1. The van der Waals surface area contributed by atoms with Gasteiger partial charge in [-0.25, -0.2) is 4.39 Å². The van der Waals surface area contributed by atoms with Crippen LogP contribution in [0.15, 0.2) is 66.7 Å². The molecule has 0 saturated carbocycles. The van der Waals surface area contributed by atoms with Crippen LogP contribution >= 0.6 is 11.3 Å². The molecule has 194 valence electrons. The second-order valence-electron chi connectivity index (χ2n) is 9.01. The van der Waals surface area contributed by atoms with E-state index in [1.807, 2.05) is 6.92 Å². The predicted molar refractivity (Wildman–Crippen MR) is 143 cm³/mol. The number of nitrogens with one attached hydrogen (secondary N) is 3. The standard InChI is InChI=1S/C27H25FN6O3S/c1-3-22(35)30-19-11-23(38-15-19)31-26(36)24-20-14-33(27(37)21-5-4-10-29-21)12-16(2)25(20)34(32-24)13-17-6-8-18(28)9-7-17/h3-11,15-16,29H,1,12-14H2,2H3,(H,30,35)(H,31,36). The summed E-state index contributed by atoms with van der Waals surface area (Å²) in [5.41, 5.74) is 3.58. The highest BCUT2D eigenvalue weighted by Gasteiger charge is 2.34. The molecule has 0 aliphatic carbocycles. The van der Waals surface area contributed by atoms with E-state index >= 15 is 0 Å². The van der Waals surface area contributed by atoms with Crippen LogP contribution in [0.4, 0.5) is 15.1 Å². The molecule has 1 atom stereocenters. The van der Waals surface area contributed by atoms with Gasteiger partial charge in [0.1, 0.15) is 11.5 Å². The summed E-state index contributed by atoms with van der Waals surface area (Å²) in [5, 5.41) is 12.4. The number of carbonyl (C=O) groups is 3. The SMILES string of the molecule is C=CC(=O)Nc1csc(NC(=O)c2nn(Cc3ccc(F)cc3)c3c2CN(C(=O)c2ccc[nH]2)CC3C)c1. The van der Waals surface area contributed by atoms with Gasteiger partial charge >= 0.3 is 0 Å². The third kappa shape index (κ3) is 5.14. The van der Waals surface area contributed by atoms with Gasteiger partial charge in [0.2, 0.25) is 5.91 Å². The number of hydrogen-bond acceptors (Lipinski definition) is 5. The first-order chi connectivity index (χ1) is 18.3. The minimum absolute atomic E-state index is 0.102. The van der Waals surface area contributed by atoms with Gasteiger partial charge in [-0.05, 0) is 42.0 Å². The molecule has 5 rings (SSSR count). The van der Waals surface area contributed by atoms with Crippen LogP contribution in [-0.4, -0.2) is 43.9 Å². The molecular weight excluding hydrogens is 507 g/mol. The number of fused-ring (bicyclic) bond motifs is 1. The average molecular weight is 533 g/mol. The summed E-state index contributed by atoms with van der Waals surface area (Å²) < 4.78 is 15.2. The number of aromatic nitrogens is 3. The maximum Gasteiger partial charge on any atom is 0.277 e. The molecule has 38 heavy (non-hydrogen) atoms. The van der Waals surface area contributed by atoms with Crippen LogP contribution in [-0.2, 0) is 17.9 Å². The smallest absolute Gasteiger partial charge is 0.277 e. The summed E-state index contributed by atoms with van der Waals surface area (Å²) >= 11 is 1.26. The molecule has 4 aromatic rings. The van der Waals surface area contributed by atoms with Gasteiger partial charge in [-0.3, -0.25) is 19.1 Å². The van der Waals surface area contributed by atoms with Crippen molar-refractivity contribution in [3.63, 3.8) is 0 Å².